The second-order valence-corrected chi connectivity index (χ2v) is 4.46. The van der Waals surface area contributed by atoms with E-state index in [-0.39, 0.29) is 6.61 Å². The van der Waals surface area contributed by atoms with Crippen molar-refractivity contribution in [1.82, 2.24) is 9.80 Å². The van der Waals surface area contributed by atoms with Crippen LogP contribution in [0.15, 0.2) is 0 Å². The first kappa shape index (κ1) is 15.9. The van der Waals surface area contributed by atoms with E-state index in [4.69, 9.17) is 28.3 Å². The highest BCUT2D eigenvalue weighted by Crippen LogP contribution is 1.96. The van der Waals surface area contributed by atoms with Gasteiger partial charge in [0.05, 0.1) is 6.61 Å². The molecule has 1 N–H and O–H groups in total. The van der Waals surface area contributed by atoms with Gasteiger partial charge in [-0.15, -0.1) is 23.2 Å². The van der Waals surface area contributed by atoms with E-state index in [1.165, 1.54) is 0 Å². The van der Waals surface area contributed by atoms with Crippen molar-refractivity contribution in [3.8, 4) is 0 Å². The summed E-state index contributed by atoms with van der Waals surface area (Å²) in [4.78, 5) is 3.75. The van der Waals surface area contributed by atoms with Crippen LogP contribution in [0.3, 0.4) is 0 Å². The number of hydrogen-bond acceptors (Lipinski definition) is 3. The van der Waals surface area contributed by atoms with Crippen molar-refractivity contribution in [3.63, 3.8) is 0 Å². The number of likely N-dealkylation sites (N-methyl/N-ethyl adjacent to an activating group) is 2. The number of aliphatic hydroxyl groups is 1. The number of nitrogens with zero attached hydrogens (tertiary/aromatic N) is 2. The Balaban J connectivity index is 0. The Labute approximate surface area is 91.2 Å². The molecule has 0 bridgehead atoms. The topological polar surface area (TPSA) is 26.7 Å². The van der Waals surface area contributed by atoms with Crippen LogP contribution >= 0.6 is 23.2 Å². The van der Waals surface area contributed by atoms with Gasteiger partial charge >= 0.3 is 0 Å². The molecule has 13 heavy (non-hydrogen) atoms. The molecule has 0 aromatic heterocycles. The first-order valence-corrected chi connectivity index (χ1v) is 4.96. The summed E-state index contributed by atoms with van der Waals surface area (Å²) >= 11 is 9.96. The molecule has 0 aliphatic rings. The van der Waals surface area contributed by atoms with Gasteiger partial charge in [0.15, 0.2) is 0 Å². The van der Waals surface area contributed by atoms with E-state index in [1.807, 2.05) is 0 Å². The van der Waals surface area contributed by atoms with Crippen molar-refractivity contribution >= 4 is 23.2 Å². The average Bonchev–Trinajstić information content (AvgIpc) is 2.02. The van der Waals surface area contributed by atoms with Crippen LogP contribution in [0.4, 0.5) is 0 Å². The fourth-order valence-electron chi connectivity index (χ4n) is 0.400. The van der Waals surface area contributed by atoms with Crippen LogP contribution in [0.5, 0.6) is 0 Å². The zero-order valence-corrected chi connectivity index (χ0v) is 10.3. The molecule has 0 saturated carbocycles. The van der Waals surface area contributed by atoms with Crippen LogP contribution in [-0.4, -0.2) is 67.6 Å². The van der Waals surface area contributed by atoms with Gasteiger partial charge in [0.25, 0.3) is 0 Å². The molecule has 82 valence electrons. The van der Waals surface area contributed by atoms with E-state index >= 15 is 0 Å². The molecule has 0 aromatic rings. The summed E-state index contributed by atoms with van der Waals surface area (Å²) in [5.74, 6) is 0. The van der Waals surface area contributed by atoms with Gasteiger partial charge in [0, 0.05) is 13.1 Å². The fourth-order valence-corrected chi connectivity index (χ4v) is 0.400. The SMILES string of the molecule is CN(C)CCN(C)C.OCC(Cl)Cl. The van der Waals surface area contributed by atoms with Crippen LogP contribution in [0.1, 0.15) is 0 Å². The fraction of sp³-hybridized carbons (Fsp3) is 1.00. The number of hydrogen-bond donors (Lipinski definition) is 1. The third-order valence-corrected chi connectivity index (χ3v) is 1.41. The third kappa shape index (κ3) is 24.5. The van der Waals surface area contributed by atoms with Crippen molar-refractivity contribution in [2.75, 3.05) is 47.9 Å². The van der Waals surface area contributed by atoms with Crippen LogP contribution in [0.2, 0.25) is 0 Å². The Morgan fingerprint density at radius 2 is 1.23 bits per heavy atom. The number of aliphatic hydroxyl groups excluding tert-OH is 1. The summed E-state index contributed by atoms with van der Waals surface area (Å²) in [6.07, 6.45) is 0. The summed E-state index contributed by atoms with van der Waals surface area (Å²) in [7, 11) is 8.35. The average molecular weight is 231 g/mol. The van der Waals surface area contributed by atoms with Crippen molar-refractivity contribution in [2.24, 2.45) is 0 Å². The minimum absolute atomic E-state index is 0.164. The lowest BCUT2D eigenvalue weighted by Gasteiger charge is -2.13. The molecule has 0 aliphatic carbocycles. The maximum atomic E-state index is 7.88. The Bertz CT molecular complexity index is 92.1. The second-order valence-electron chi connectivity index (χ2n) is 3.18. The molecule has 0 fully saturated rings. The predicted octanol–water partition coefficient (Wildman–Crippen LogP) is 0.892. The second kappa shape index (κ2) is 10.5. The molecule has 0 rings (SSSR count). The Morgan fingerprint density at radius 3 is 1.31 bits per heavy atom. The van der Waals surface area contributed by atoms with Crippen LogP contribution in [0.25, 0.3) is 0 Å². The standard InChI is InChI=1S/C6H16N2.C2H4Cl2O/c1-7(2)5-6-8(3)4;3-2(4)1-5/h5-6H2,1-4H3;2,5H,1H2. The quantitative estimate of drug-likeness (QED) is 0.728. The van der Waals surface area contributed by atoms with Gasteiger partial charge in [-0.25, -0.2) is 0 Å². The molecule has 3 nitrogen and oxygen atoms in total. The molecular formula is C8H20Cl2N2O. The summed E-state index contributed by atoms with van der Waals surface area (Å²) < 4.78 is 0. The lowest BCUT2D eigenvalue weighted by Crippen LogP contribution is -2.25. The van der Waals surface area contributed by atoms with Gasteiger partial charge in [-0.05, 0) is 28.2 Å². The Hall–Kier alpha value is 0.460. The summed E-state index contributed by atoms with van der Waals surface area (Å²) in [6.45, 7) is 2.13. The largest absolute Gasteiger partial charge is 0.394 e. The zero-order valence-electron chi connectivity index (χ0n) is 8.80. The smallest absolute Gasteiger partial charge is 0.130 e. The lowest BCUT2D eigenvalue weighted by molar-refractivity contribution is 0.313. The zero-order chi connectivity index (χ0) is 10.9. The summed E-state index contributed by atoms with van der Waals surface area (Å²) in [6, 6.07) is 0. The molecule has 0 aliphatic heterocycles. The molecule has 0 aromatic carbocycles. The molecular weight excluding hydrogens is 211 g/mol. The van der Waals surface area contributed by atoms with Crippen molar-refractivity contribution in [1.29, 1.82) is 0 Å². The summed E-state index contributed by atoms with van der Waals surface area (Å²) in [5, 5.41) is 7.88. The third-order valence-electron chi connectivity index (χ3n) is 1.13. The van der Waals surface area contributed by atoms with Crippen LogP contribution in [0, 0.1) is 0 Å². The molecule has 0 saturated heterocycles. The van der Waals surface area contributed by atoms with Gasteiger partial charge in [-0.1, -0.05) is 0 Å². The molecule has 0 amide bonds. The summed E-state index contributed by atoms with van der Waals surface area (Å²) in [5.41, 5.74) is 0. The lowest BCUT2D eigenvalue weighted by atomic mass is 10.5. The highest BCUT2D eigenvalue weighted by molar-refractivity contribution is 6.44. The van der Waals surface area contributed by atoms with Gasteiger partial charge in [0.1, 0.15) is 4.84 Å². The van der Waals surface area contributed by atoms with Crippen molar-refractivity contribution in [2.45, 2.75) is 4.84 Å². The molecule has 0 spiro atoms. The van der Waals surface area contributed by atoms with E-state index < -0.39 is 4.84 Å². The molecule has 0 radical (unpaired) electrons. The number of rotatable bonds is 4. The monoisotopic (exact) mass is 230 g/mol. The first-order valence-electron chi connectivity index (χ1n) is 4.08. The highest BCUT2D eigenvalue weighted by Gasteiger charge is 1.89. The predicted molar refractivity (Wildman–Crippen MR) is 59.7 cm³/mol. The van der Waals surface area contributed by atoms with Crippen molar-refractivity contribution < 1.29 is 5.11 Å². The maximum absolute atomic E-state index is 7.88. The van der Waals surface area contributed by atoms with E-state index in [2.05, 4.69) is 38.0 Å². The van der Waals surface area contributed by atoms with Gasteiger partial charge in [-0.3, -0.25) is 0 Å². The van der Waals surface area contributed by atoms with Gasteiger partial charge < -0.3 is 14.9 Å². The van der Waals surface area contributed by atoms with Crippen molar-refractivity contribution in [3.05, 3.63) is 0 Å². The van der Waals surface area contributed by atoms with E-state index in [9.17, 15) is 0 Å². The minimum atomic E-state index is -0.616. The van der Waals surface area contributed by atoms with E-state index in [1.54, 1.807) is 0 Å². The minimum Gasteiger partial charge on any atom is -0.394 e. The molecule has 5 heteroatoms. The first-order chi connectivity index (χ1) is 5.90. The normalized spacial score (nSPS) is 10.6. The van der Waals surface area contributed by atoms with Gasteiger partial charge in [0.2, 0.25) is 0 Å². The van der Waals surface area contributed by atoms with Crippen LogP contribution in [-0.2, 0) is 0 Å². The Morgan fingerprint density at radius 1 is 1.00 bits per heavy atom. The number of halogens is 2. The van der Waals surface area contributed by atoms with Crippen LogP contribution < -0.4 is 0 Å². The van der Waals surface area contributed by atoms with E-state index in [0.29, 0.717) is 0 Å². The highest BCUT2D eigenvalue weighted by atomic mass is 35.5. The molecule has 0 atom stereocenters. The Kier molecular flexibility index (Phi) is 12.9. The molecule has 0 heterocycles. The van der Waals surface area contributed by atoms with E-state index in [0.717, 1.165) is 13.1 Å². The molecule has 0 unspecified atom stereocenters. The maximum Gasteiger partial charge on any atom is 0.130 e. The number of alkyl halides is 2. The van der Waals surface area contributed by atoms with Gasteiger partial charge in [-0.2, -0.15) is 0 Å².